The van der Waals surface area contributed by atoms with Gasteiger partial charge in [0.15, 0.2) is 5.82 Å². The van der Waals surface area contributed by atoms with Gasteiger partial charge in [-0.2, -0.15) is 10.4 Å². The van der Waals surface area contributed by atoms with Gasteiger partial charge in [0, 0.05) is 18.8 Å². The summed E-state index contributed by atoms with van der Waals surface area (Å²) in [5.41, 5.74) is 5.38. The van der Waals surface area contributed by atoms with Crippen LogP contribution in [0.2, 0.25) is 0 Å². The van der Waals surface area contributed by atoms with Gasteiger partial charge in [-0.25, -0.2) is 10.8 Å². The average molecular weight is 228 g/mol. The number of aromatic nitrogens is 3. The molecule has 2 aromatic rings. The van der Waals surface area contributed by atoms with Crippen molar-refractivity contribution in [2.75, 3.05) is 5.43 Å². The molecule has 0 aliphatic rings. The van der Waals surface area contributed by atoms with E-state index in [1.54, 1.807) is 16.8 Å². The molecule has 0 aliphatic carbocycles. The first-order chi connectivity index (χ1) is 8.15. The van der Waals surface area contributed by atoms with Crippen LogP contribution < -0.4 is 11.3 Å². The van der Waals surface area contributed by atoms with Crippen LogP contribution in [0.5, 0.6) is 0 Å². The fourth-order valence-electron chi connectivity index (χ4n) is 1.66. The molecule has 0 unspecified atom stereocenters. The van der Waals surface area contributed by atoms with E-state index < -0.39 is 0 Å². The zero-order valence-electron chi connectivity index (χ0n) is 9.60. The van der Waals surface area contributed by atoms with Gasteiger partial charge < -0.3 is 5.43 Å². The number of nitrogens with zero attached hydrogens (tertiary/aromatic N) is 4. The molecule has 0 atom stereocenters. The topological polar surface area (TPSA) is 92.5 Å². The maximum atomic E-state index is 8.87. The molecule has 2 heterocycles. The lowest BCUT2D eigenvalue weighted by Gasteiger charge is -2.04. The second-order valence-electron chi connectivity index (χ2n) is 3.65. The lowest BCUT2D eigenvalue weighted by molar-refractivity contribution is 0.756. The predicted molar refractivity (Wildman–Crippen MR) is 63.7 cm³/mol. The van der Waals surface area contributed by atoms with Gasteiger partial charge in [0.05, 0.1) is 17.0 Å². The number of nitriles is 1. The van der Waals surface area contributed by atoms with Crippen LogP contribution in [-0.2, 0) is 7.05 Å². The number of hydrogen-bond donors (Lipinski definition) is 2. The lowest BCUT2D eigenvalue weighted by atomic mass is 10.1. The number of nitrogens with one attached hydrogen (secondary N) is 1. The van der Waals surface area contributed by atoms with Crippen molar-refractivity contribution < 1.29 is 0 Å². The Hall–Kier alpha value is -2.39. The van der Waals surface area contributed by atoms with E-state index in [0.717, 1.165) is 17.0 Å². The first kappa shape index (κ1) is 11.1. The van der Waals surface area contributed by atoms with Crippen LogP contribution >= 0.6 is 0 Å². The third-order valence-electron chi connectivity index (χ3n) is 2.44. The summed E-state index contributed by atoms with van der Waals surface area (Å²) < 4.78 is 1.72. The first-order valence-electron chi connectivity index (χ1n) is 5.04. The molecular formula is C11H12N6. The number of nitrogens with two attached hydrogens (primary N) is 1. The number of rotatable bonds is 2. The Kier molecular flexibility index (Phi) is 2.77. The summed E-state index contributed by atoms with van der Waals surface area (Å²) in [7, 11) is 1.85. The number of hydrazine groups is 1. The maximum Gasteiger partial charge on any atom is 0.158 e. The molecule has 2 aromatic heterocycles. The van der Waals surface area contributed by atoms with Crippen molar-refractivity contribution in [3.63, 3.8) is 0 Å². The van der Waals surface area contributed by atoms with Crippen molar-refractivity contribution >= 4 is 5.82 Å². The van der Waals surface area contributed by atoms with Crippen LogP contribution in [0, 0.1) is 18.3 Å². The molecule has 86 valence electrons. The highest BCUT2D eigenvalue weighted by Crippen LogP contribution is 2.23. The Morgan fingerprint density at radius 3 is 2.76 bits per heavy atom. The molecule has 0 bridgehead atoms. The monoisotopic (exact) mass is 228 g/mol. The molecule has 0 saturated carbocycles. The summed E-state index contributed by atoms with van der Waals surface area (Å²) in [4.78, 5) is 4.29. The van der Waals surface area contributed by atoms with Crippen molar-refractivity contribution in [3.8, 4) is 17.3 Å². The summed E-state index contributed by atoms with van der Waals surface area (Å²) in [5, 5.41) is 13.1. The summed E-state index contributed by atoms with van der Waals surface area (Å²) >= 11 is 0. The van der Waals surface area contributed by atoms with Gasteiger partial charge >= 0.3 is 0 Å². The first-order valence-corrected chi connectivity index (χ1v) is 5.04. The van der Waals surface area contributed by atoms with Crippen LogP contribution in [0.3, 0.4) is 0 Å². The molecule has 0 amide bonds. The molecule has 0 radical (unpaired) electrons. The Bertz CT molecular complexity index is 592. The summed E-state index contributed by atoms with van der Waals surface area (Å²) in [6.45, 7) is 1.91. The lowest BCUT2D eigenvalue weighted by Crippen LogP contribution is -2.10. The number of anilines is 1. The molecule has 6 nitrogen and oxygen atoms in total. The van der Waals surface area contributed by atoms with Gasteiger partial charge in [-0.15, -0.1) is 0 Å². The highest BCUT2D eigenvalue weighted by molar-refractivity contribution is 5.65. The third kappa shape index (κ3) is 1.96. The Morgan fingerprint density at radius 1 is 1.47 bits per heavy atom. The van der Waals surface area contributed by atoms with Crippen molar-refractivity contribution in [2.24, 2.45) is 12.9 Å². The van der Waals surface area contributed by atoms with Crippen LogP contribution in [0.25, 0.3) is 11.3 Å². The summed E-state index contributed by atoms with van der Waals surface area (Å²) in [5.74, 6) is 5.70. The van der Waals surface area contributed by atoms with E-state index in [9.17, 15) is 0 Å². The minimum atomic E-state index is 0.369. The number of pyridine rings is 1. The second kappa shape index (κ2) is 4.23. The summed E-state index contributed by atoms with van der Waals surface area (Å²) in [6.07, 6.45) is 1.88. The third-order valence-corrected chi connectivity index (χ3v) is 2.44. The standard InChI is InChI=1S/C11H12N6/c1-7-9(6-17(2)16-7)10-4-3-8(5-12)11(14-10)15-13/h3-4,6H,13H2,1-2H3,(H,14,15). The van der Waals surface area contributed by atoms with Gasteiger partial charge in [0.2, 0.25) is 0 Å². The minimum absolute atomic E-state index is 0.369. The van der Waals surface area contributed by atoms with E-state index in [1.807, 2.05) is 26.2 Å². The average Bonchev–Trinajstić information content (AvgIpc) is 2.67. The Balaban J connectivity index is 2.54. The van der Waals surface area contributed by atoms with Crippen molar-refractivity contribution in [3.05, 3.63) is 29.6 Å². The number of nitrogen functional groups attached to an aromatic ring is 1. The Morgan fingerprint density at radius 2 is 2.24 bits per heavy atom. The van der Waals surface area contributed by atoms with Gasteiger partial charge in [0.1, 0.15) is 6.07 Å². The molecule has 2 rings (SSSR count). The zero-order valence-corrected chi connectivity index (χ0v) is 9.60. The van der Waals surface area contributed by atoms with Gasteiger partial charge in [-0.1, -0.05) is 0 Å². The highest BCUT2D eigenvalue weighted by atomic mass is 15.3. The van der Waals surface area contributed by atoms with Gasteiger partial charge in [-0.3, -0.25) is 4.68 Å². The highest BCUT2D eigenvalue weighted by Gasteiger charge is 2.10. The normalized spacial score (nSPS) is 10.0. The van der Waals surface area contributed by atoms with E-state index in [-0.39, 0.29) is 0 Å². The quantitative estimate of drug-likeness (QED) is 0.589. The number of hydrogen-bond acceptors (Lipinski definition) is 5. The van der Waals surface area contributed by atoms with E-state index in [2.05, 4.69) is 15.5 Å². The van der Waals surface area contributed by atoms with Crippen LogP contribution in [-0.4, -0.2) is 14.8 Å². The van der Waals surface area contributed by atoms with Crippen molar-refractivity contribution in [2.45, 2.75) is 6.92 Å². The van der Waals surface area contributed by atoms with Crippen molar-refractivity contribution in [1.82, 2.24) is 14.8 Å². The molecule has 17 heavy (non-hydrogen) atoms. The second-order valence-corrected chi connectivity index (χ2v) is 3.65. The van der Waals surface area contributed by atoms with Crippen LogP contribution in [0.4, 0.5) is 5.82 Å². The van der Waals surface area contributed by atoms with Gasteiger partial charge in [-0.05, 0) is 19.1 Å². The Labute approximate surface area is 98.7 Å². The van der Waals surface area contributed by atoms with Crippen LogP contribution in [0.15, 0.2) is 18.3 Å². The fraction of sp³-hybridized carbons (Fsp3) is 0.182. The fourth-order valence-corrected chi connectivity index (χ4v) is 1.66. The molecular weight excluding hydrogens is 216 g/mol. The predicted octanol–water partition coefficient (Wildman–Crippen LogP) is 0.948. The minimum Gasteiger partial charge on any atom is -0.307 e. The smallest absolute Gasteiger partial charge is 0.158 e. The zero-order chi connectivity index (χ0) is 12.4. The SMILES string of the molecule is Cc1nn(C)cc1-c1ccc(C#N)c(NN)n1. The molecule has 0 spiro atoms. The molecule has 0 aromatic carbocycles. The summed E-state index contributed by atoms with van der Waals surface area (Å²) in [6, 6.07) is 5.48. The molecule has 0 aliphatic heterocycles. The van der Waals surface area contributed by atoms with E-state index in [1.165, 1.54) is 0 Å². The molecule has 6 heteroatoms. The van der Waals surface area contributed by atoms with Gasteiger partial charge in [0.25, 0.3) is 0 Å². The van der Waals surface area contributed by atoms with Crippen LogP contribution in [0.1, 0.15) is 11.3 Å². The largest absolute Gasteiger partial charge is 0.307 e. The molecule has 0 fully saturated rings. The van der Waals surface area contributed by atoms with Crippen molar-refractivity contribution in [1.29, 1.82) is 5.26 Å². The molecule has 3 N–H and O–H groups in total. The maximum absolute atomic E-state index is 8.87. The van der Waals surface area contributed by atoms with E-state index >= 15 is 0 Å². The van der Waals surface area contributed by atoms with E-state index in [0.29, 0.717) is 11.4 Å². The number of aryl methyl sites for hydroxylation is 2. The van der Waals surface area contributed by atoms with E-state index in [4.69, 9.17) is 11.1 Å². The molecule has 0 saturated heterocycles.